The average Bonchev–Trinajstić information content (AvgIpc) is 3.67. The third-order valence-corrected chi connectivity index (χ3v) is 7.04. The number of carbonyl (C=O) groups is 1. The number of phenols is 1. The first-order valence-electron chi connectivity index (χ1n) is 12.1. The molecular formula is C27H21BrF3N7O4. The van der Waals surface area contributed by atoms with Gasteiger partial charge in [0.1, 0.15) is 11.4 Å². The number of hydrogen-bond donors (Lipinski definition) is 7. The van der Waals surface area contributed by atoms with E-state index in [-0.39, 0.29) is 17.5 Å². The summed E-state index contributed by atoms with van der Waals surface area (Å²) in [6.07, 6.45) is 1.87. The average molecular weight is 644 g/mol. The van der Waals surface area contributed by atoms with E-state index in [1.54, 1.807) is 30.9 Å². The number of fused-ring (bicyclic) bond motifs is 2. The van der Waals surface area contributed by atoms with E-state index in [1.807, 2.05) is 31.2 Å². The molecule has 42 heavy (non-hydrogen) atoms. The summed E-state index contributed by atoms with van der Waals surface area (Å²) in [5, 5.41) is 30.2. The fourth-order valence-corrected chi connectivity index (χ4v) is 4.91. The lowest BCUT2D eigenvalue weighted by Gasteiger charge is -2.13. The molecule has 0 radical (unpaired) electrons. The highest BCUT2D eigenvalue weighted by atomic mass is 79.9. The largest absolute Gasteiger partial charge is 0.506 e. The Morgan fingerprint density at radius 2 is 1.74 bits per heavy atom. The zero-order chi connectivity index (χ0) is 30.3. The lowest BCUT2D eigenvalue weighted by molar-refractivity contribution is -0.192. The number of anilines is 1. The molecule has 0 aliphatic heterocycles. The minimum atomic E-state index is -5.08. The number of aromatic hydroxyl groups is 2. The molecule has 15 heteroatoms. The van der Waals surface area contributed by atoms with Gasteiger partial charge in [0.05, 0.1) is 23.1 Å². The molecule has 0 spiro atoms. The van der Waals surface area contributed by atoms with E-state index in [4.69, 9.17) is 15.6 Å². The third kappa shape index (κ3) is 5.33. The molecule has 0 aliphatic carbocycles. The van der Waals surface area contributed by atoms with Crippen molar-refractivity contribution in [2.45, 2.75) is 19.0 Å². The molecule has 0 saturated carbocycles. The number of carboxylic acid groups (broad SMARTS) is 1. The molecule has 4 aromatic heterocycles. The highest BCUT2D eigenvalue weighted by molar-refractivity contribution is 9.10. The van der Waals surface area contributed by atoms with E-state index in [2.05, 4.69) is 45.8 Å². The Hall–Kier alpha value is -5.05. The minimum Gasteiger partial charge on any atom is -0.506 e. The van der Waals surface area contributed by atoms with Gasteiger partial charge in [-0.3, -0.25) is 0 Å². The van der Waals surface area contributed by atoms with Crippen molar-refractivity contribution in [1.82, 2.24) is 29.9 Å². The van der Waals surface area contributed by atoms with Crippen molar-refractivity contribution in [3.05, 3.63) is 70.8 Å². The maximum absolute atomic E-state index is 10.9. The number of imidazole rings is 1. The Balaban J connectivity index is 0.000000451. The van der Waals surface area contributed by atoms with Gasteiger partial charge < -0.3 is 36.0 Å². The van der Waals surface area contributed by atoms with Crippen LogP contribution in [-0.4, -0.2) is 57.4 Å². The van der Waals surface area contributed by atoms with Crippen molar-refractivity contribution < 1.29 is 33.3 Å². The van der Waals surface area contributed by atoms with Gasteiger partial charge in [-0.2, -0.15) is 13.2 Å². The molecule has 6 rings (SSSR count). The second-order valence-electron chi connectivity index (χ2n) is 9.18. The van der Waals surface area contributed by atoms with Gasteiger partial charge in [0.25, 0.3) is 0 Å². The molecule has 0 saturated heterocycles. The van der Waals surface area contributed by atoms with Crippen LogP contribution in [0.4, 0.5) is 19.1 Å². The molecule has 11 nitrogen and oxygen atoms in total. The Kier molecular flexibility index (Phi) is 7.28. The first-order valence-corrected chi connectivity index (χ1v) is 12.9. The minimum absolute atomic E-state index is 0.113. The molecule has 0 bridgehead atoms. The van der Waals surface area contributed by atoms with Crippen LogP contribution < -0.4 is 5.73 Å². The summed E-state index contributed by atoms with van der Waals surface area (Å²) in [6.45, 7) is 2.01. The summed E-state index contributed by atoms with van der Waals surface area (Å²) in [7, 11) is 0. The summed E-state index contributed by atoms with van der Waals surface area (Å²) < 4.78 is 32.7. The van der Waals surface area contributed by atoms with Crippen LogP contribution in [0, 0.1) is 0 Å². The lowest BCUT2D eigenvalue weighted by Crippen LogP contribution is -2.21. The molecule has 6 aromatic rings. The number of aromatic nitrogens is 6. The van der Waals surface area contributed by atoms with Gasteiger partial charge in [0.2, 0.25) is 5.88 Å². The number of aliphatic carboxylic acids is 1. The number of hydrogen-bond acceptors (Lipinski definition) is 7. The van der Waals surface area contributed by atoms with Crippen LogP contribution in [0.5, 0.6) is 11.6 Å². The van der Waals surface area contributed by atoms with Crippen LogP contribution in [-0.2, 0) is 4.79 Å². The van der Waals surface area contributed by atoms with E-state index in [0.717, 1.165) is 37.6 Å². The molecule has 1 unspecified atom stereocenters. The van der Waals surface area contributed by atoms with Gasteiger partial charge in [-0.05, 0) is 23.8 Å². The zero-order valence-electron chi connectivity index (χ0n) is 21.5. The Morgan fingerprint density at radius 3 is 2.38 bits per heavy atom. The molecule has 0 fully saturated rings. The van der Waals surface area contributed by atoms with Crippen molar-refractivity contribution >= 4 is 49.7 Å². The van der Waals surface area contributed by atoms with Crippen LogP contribution in [0.2, 0.25) is 0 Å². The van der Waals surface area contributed by atoms with E-state index in [1.165, 1.54) is 0 Å². The second kappa shape index (κ2) is 10.7. The number of rotatable bonds is 4. The zero-order valence-corrected chi connectivity index (χ0v) is 23.0. The smallest absolute Gasteiger partial charge is 0.490 e. The van der Waals surface area contributed by atoms with Gasteiger partial charge in [0.15, 0.2) is 5.95 Å². The van der Waals surface area contributed by atoms with Gasteiger partial charge in [-0.25, -0.2) is 19.7 Å². The SMILES string of the molecule is CC(c1c[nH]c(N)n1)c1ccc(O)c2[nH]cc(-c3cnc(-c4c[nH]c5cc(Br)ccc45)c(O)n3)c12.O=C(O)C(F)(F)F. The van der Waals surface area contributed by atoms with Crippen LogP contribution in [0.25, 0.3) is 44.3 Å². The number of halogens is 4. The predicted molar refractivity (Wildman–Crippen MR) is 152 cm³/mol. The number of benzene rings is 2. The standard InChI is InChI=1S/C25H20BrN7O2.C2HF3O2/c1-11(18-9-31-25(27)33-18)13-4-5-20(34)23-21(13)16(8-29-23)19-10-30-22(24(35)32-19)15-7-28-17-6-12(26)2-3-14(15)17;3-2(4,5)1(6)7/h2-11,28-29,34H,1H3,(H,32,35)(H3,27,31,33);(H,6,7). The van der Waals surface area contributed by atoms with Gasteiger partial charge in [-0.1, -0.05) is 35.0 Å². The number of aromatic amines is 3. The molecule has 0 aliphatic rings. The molecule has 2 aromatic carbocycles. The molecule has 0 amide bonds. The van der Waals surface area contributed by atoms with Crippen molar-refractivity contribution in [3.8, 4) is 34.1 Å². The fourth-order valence-electron chi connectivity index (χ4n) is 4.55. The van der Waals surface area contributed by atoms with Crippen LogP contribution in [0.15, 0.2) is 59.6 Å². The highest BCUT2D eigenvalue weighted by Gasteiger charge is 2.38. The molecule has 1 atom stereocenters. The normalized spacial score (nSPS) is 12.3. The van der Waals surface area contributed by atoms with E-state index in [9.17, 15) is 23.4 Å². The van der Waals surface area contributed by atoms with E-state index < -0.39 is 12.1 Å². The first-order chi connectivity index (χ1) is 19.8. The van der Waals surface area contributed by atoms with Crippen LogP contribution in [0.1, 0.15) is 24.1 Å². The van der Waals surface area contributed by atoms with Crippen molar-refractivity contribution in [2.24, 2.45) is 0 Å². The number of carboxylic acids is 1. The van der Waals surface area contributed by atoms with Crippen LogP contribution in [0.3, 0.4) is 0 Å². The summed E-state index contributed by atoms with van der Waals surface area (Å²) in [5.74, 6) is -2.61. The monoisotopic (exact) mass is 643 g/mol. The Bertz CT molecular complexity index is 1950. The number of nitrogens with two attached hydrogens (primary N) is 1. The molecule has 216 valence electrons. The predicted octanol–water partition coefficient (Wildman–Crippen LogP) is 6.04. The summed E-state index contributed by atoms with van der Waals surface area (Å²) in [5.41, 5.74) is 11.3. The number of H-pyrrole nitrogens is 3. The van der Waals surface area contributed by atoms with Crippen molar-refractivity contribution in [3.63, 3.8) is 0 Å². The fraction of sp³-hybridized carbons (Fsp3) is 0.111. The van der Waals surface area contributed by atoms with Gasteiger partial charge >= 0.3 is 12.1 Å². The number of phenolic OH excluding ortho intramolecular Hbond substituents is 1. The second-order valence-corrected chi connectivity index (χ2v) is 10.1. The summed E-state index contributed by atoms with van der Waals surface area (Å²) in [4.78, 5) is 31.6. The van der Waals surface area contributed by atoms with E-state index >= 15 is 0 Å². The molecular weight excluding hydrogens is 623 g/mol. The molecule has 4 heterocycles. The highest BCUT2D eigenvalue weighted by Crippen LogP contribution is 2.41. The van der Waals surface area contributed by atoms with Crippen molar-refractivity contribution in [2.75, 3.05) is 5.73 Å². The maximum atomic E-state index is 10.9. The Morgan fingerprint density at radius 1 is 1.02 bits per heavy atom. The maximum Gasteiger partial charge on any atom is 0.490 e. The summed E-state index contributed by atoms with van der Waals surface area (Å²) in [6, 6.07) is 9.36. The number of nitrogens with one attached hydrogen (secondary N) is 3. The molecule has 8 N–H and O–H groups in total. The van der Waals surface area contributed by atoms with Crippen molar-refractivity contribution in [1.29, 1.82) is 0 Å². The number of alkyl halides is 3. The topological polar surface area (TPSA) is 190 Å². The number of nitrogen functional groups attached to an aromatic ring is 1. The first kappa shape index (κ1) is 28.5. The van der Waals surface area contributed by atoms with E-state index in [0.29, 0.717) is 28.4 Å². The quantitative estimate of drug-likeness (QED) is 0.121. The summed E-state index contributed by atoms with van der Waals surface area (Å²) >= 11 is 3.47. The van der Waals surface area contributed by atoms with Gasteiger partial charge in [-0.15, -0.1) is 0 Å². The number of nitrogens with zero attached hydrogens (tertiary/aromatic N) is 3. The third-order valence-electron chi connectivity index (χ3n) is 6.54. The van der Waals surface area contributed by atoms with Crippen LogP contribution >= 0.6 is 15.9 Å². The Labute approximate surface area is 242 Å². The lowest BCUT2D eigenvalue weighted by atomic mass is 9.92. The van der Waals surface area contributed by atoms with Gasteiger partial charge in [0, 0.05) is 56.4 Å².